The molecule has 3 fully saturated rings. The number of pyridine rings is 1. The van der Waals surface area contributed by atoms with Crippen molar-refractivity contribution in [2.24, 2.45) is 5.92 Å². The predicted molar refractivity (Wildman–Crippen MR) is 90.0 cm³/mol. The SMILES string of the molecule is O=C1C[C@H](C(=O)N2CCC[C@H]2c2ccncc2)CN1C1CCCC1. The molecular weight excluding hydrogens is 302 g/mol. The Kier molecular flexibility index (Phi) is 4.25. The van der Waals surface area contributed by atoms with E-state index in [1.165, 1.54) is 12.8 Å². The summed E-state index contributed by atoms with van der Waals surface area (Å²) in [7, 11) is 0. The van der Waals surface area contributed by atoms with Crippen LogP contribution >= 0.6 is 0 Å². The number of carbonyl (C=O) groups excluding carboxylic acids is 2. The fourth-order valence-electron chi connectivity index (χ4n) is 4.66. The van der Waals surface area contributed by atoms with Gasteiger partial charge in [-0.25, -0.2) is 0 Å². The molecule has 1 aromatic heterocycles. The lowest BCUT2D eigenvalue weighted by Crippen LogP contribution is -2.38. The Balaban J connectivity index is 1.46. The standard InChI is InChI=1S/C19H25N3O2/c23-18-12-15(13-22(18)16-4-1-2-5-16)19(24)21-11-3-6-17(21)14-7-9-20-10-8-14/h7-10,15-17H,1-6,11-13H2/t15-,17-/m0/s1. The molecule has 3 aliphatic rings. The summed E-state index contributed by atoms with van der Waals surface area (Å²) >= 11 is 0. The lowest BCUT2D eigenvalue weighted by molar-refractivity contribution is -0.136. The third-order valence-corrected chi connectivity index (χ3v) is 5.90. The zero-order valence-corrected chi connectivity index (χ0v) is 14.1. The van der Waals surface area contributed by atoms with Gasteiger partial charge in [0.05, 0.1) is 12.0 Å². The van der Waals surface area contributed by atoms with Crippen molar-refractivity contribution in [3.05, 3.63) is 30.1 Å². The maximum absolute atomic E-state index is 13.1. The number of hydrogen-bond acceptors (Lipinski definition) is 3. The minimum Gasteiger partial charge on any atom is -0.339 e. The van der Waals surface area contributed by atoms with Crippen molar-refractivity contribution in [3.8, 4) is 0 Å². The monoisotopic (exact) mass is 327 g/mol. The van der Waals surface area contributed by atoms with Crippen LogP contribution in [0.4, 0.5) is 0 Å². The minimum atomic E-state index is -0.152. The van der Waals surface area contributed by atoms with Crippen LogP contribution in [0.3, 0.4) is 0 Å². The molecular formula is C19H25N3O2. The molecule has 1 aliphatic carbocycles. The second-order valence-electron chi connectivity index (χ2n) is 7.36. The molecule has 5 heteroatoms. The summed E-state index contributed by atoms with van der Waals surface area (Å²) in [5, 5.41) is 0. The van der Waals surface area contributed by atoms with Crippen molar-refractivity contribution in [2.75, 3.05) is 13.1 Å². The van der Waals surface area contributed by atoms with Gasteiger partial charge in [-0.05, 0) is 43.4 Å². The van der Waals surface area contributed by atoms with Crippen molar-refractivity contribution in [3.63, 3.8) is 0 Å². The normalized spacial score (nSPS) is 28.1. The van der Waals surface area contributed by atoms with Crippen LogP contribution in [0.1, 0.15) is 56.6 Å². The van der Waals surface area contributed by atoms with Gasteiger partial charge in [-0.2, -0.15) is 0 Å². The molecule has 1 saturated carbocycles. The third-order valence-electron chi connectivity index (χ3n) is 5.90. The molecule has 128 valence electrons. The van der Waals surface area contributed by atoms with Crippen LogP contribution < -0.4 is 0 Å². The molecule has 24 heavy (non-hydrogen) atoms. The van der Waals surface area contributed by atoms with E-state index in [0.29, 0.717) is 19.0 Å². The molecule has 2 saturated heterocycles. The average molecular weight is 327 g/mol. The summed E-state index contributed by atoms with van der Waals surface area (Å²) in [5.74, 6) is 0.198. The molecule has 1 aromatic rings. The number of hydrogen-bond donors (Lipinski definition) is 0. The molecule has 0 spiro atoms. The van der Waals surface area contributed by atoms with E-state index in [4.69, 9.17) is 0 Å². The first-order valence-corrected chi connectivity index (χ1v) is 9.24. The first-order chi connectivity index (χ1) is 11.7. The van der Waals surface area contributed by atoms with E-state index in [2.05, 4.69) is 4.98 Å². The van der Waals surface area contributed by atoms with E-state index in [1.54, 1.807) is 12.4 Å². The molecule has 0 radical (unpaired) electrons. The first-order valence-electron chi connectivity index (χ1n) is 9.24. The van der Waals surface area contributed by atoms with E-state index >= 15 is 0 Å². The van der Waals surface area contributed by atoms with E-state index in [0.717, 1.165) is 37.8 Å². The van der Waals surface area contributed by atoms with Gasteiger partial charge in [-0.3, -0.25) is 14.6 Å². The Morgan fingerprint density at radius 1 is 1.08 bits per heavy atom. The summed E-state index contributed by atoms with van der Waals surface area (Å²) in [5.41, 5.74) is 1.16. The predicted octanol–water partition coefficient (Wildman–Crippen LogP) is 2.54. The van der Waals surface area contributed by atoms with Crippen LogP contribution in [-0.4, -0.2) is 45.7 Å². The third kappa shape index (κ3) is 2.80. The molecule has 0 bridgehead atoms. The average Bonchev–Trinajstić information content (AvgIpc) is 3.35. The van der Waals surface area contributed by atoms with Gasteiger partial charge in [0.25, 0.3) is 0 Å². The Morgan fingerprint density at radius 2 is 1.83 bits per heavy atom. The molecule has 3 heterocycles. The summed E-state index contributed by atoms with van der Waals surface area (Å²) < 4.78 is 0. The molecule has 2 atom stereocenters. The smallest absolute Gasteiger partial charge is 0.228 e. The molecule has 2 amide bonds. The van der Waals surface area contributed by atoms with Crippen LogP contribution in [0, 0.1) is 5.92 Å². The van der Waals surface area contributed by atoms with Crippen molar-refractivity contribution in [1.82, 2.24) is 14.8 Å². The minimum absolute atomic E-state index is 0.149. The quantitative estimate of drug-likeness (QED) is 0.857. The summed E-state index contributed by atoms with van der Waals surface area (Å²) in [4.78, 5) is 33.5. The Labute approximate surface area is 143 Å². The van der Waals surface area contributed by atoms with E-state index in [1.807, 2.05) is 21.9 Å². The maximum atomic E-state index is 13.1. The molecule has 2 aliphatic heterocycles. The molecule has 5 nitrogen and oxygen atoms in total. The van der Waals surface area contributed by atoms with Crippen LogP contribution in [-0.2, 0) is 9.59 Å². The fourth-order valence-corrected chi connectivity index (χ4v) is 4.66. The highest BCUT2D eigenvalue weighted by molar-refractivity contribution is 5.89. The molecule has 0 unspecified atom stereocenters. The number of nitrogens with zero attached hydrogens (tertiary/aromatic N) is 3. The Morgan fingerprint density at radius 3 is 2.58 bits per heavy atom. The number of likely N-dealkylation sites (tertiary alicyclic amines) is 2. The van der Waals surface area contributed by atoms with Crippen LogP contribution in [0.15, 0.2) is 24.5 Å². The number of aromatic nitrogens is 1. The fraction of sp³-hybridized carbons (Fsp3) is 0.632. The maximum Gasteiger partial charge on any atom is 0.228 e. The summed E-state index contributed by atoms with van der Waals surface area (Å²) in [6, 6.07) is 4.53. The Bertz CT molecular complexity index is 612. The topological polar surface area (TPSA) is 53.5 Å². The highest BCUT2D eigenvalue weighted by Gasteiger charge is 2.42. The second kappa shape index (κ2) is 6.54. The Hall–Kier alpha value is -1.91. The highest BCUT2D eigenvalue weighted by atomic mass is 16.2. The summed E-state index contributed by atoms with van der Waals surface area (Å²) in [6.07, 6.45) is 10.6. The van der Waals surface area contributed by atoms with Gasteiger partial charge in [0.15, 0.2) is 0 Å². The lowest BCUT2D eigenvalue weighted by atomic mass is 10.0. The highest BCUT2D eigenvalue weighted by Crippen LogP contribution is 2.35. The number of amides is 2. The van der Waals surface area contributed by atoms with Crippen molar-refractivity contribution >= 4 is 11.8 Å². The van der Waals surface area contributed by atoms with E-state index in [-0.39, 0.29) is 23.8 Å². The van der Waals surface area contributed by atoms with Gasteiger partial charge in [-0.1, -0.05) is 12.8 Å². The molecule has 0 aromatic carbocycles. The van der Waals surface area contributed by atoms with Crippen LogP contribution in [0.2, 0.25) is 0 Å². The van der Waals surface area contributed by atoms with E-state index in [9.17, 15) is 9.59 Å². The van der Waals surface area contributed by atoms with Gasteiger partial charge >= 0.3 is 0 Å². The van der Waals surface area contributed by atoms with Gasteiger partial charge < -0.3 is 9.80 Å². The van der Waals surface area contributed by atoms with Gasteiger partial charge in [0, 0.05) is 37.9 Å². The molecule has 0 N–H and O–H groups in total. The lowest BCUT2D eigenvalue weighted by Gasteiger charge is -2.28. The van der Waals surface area contributed by atoms with Crippen molar-refractivity contribution < 1.29 is 9.59 Å². The van der Waals surface area contributed by atoms with Gasteiger partial charge in [0.1, 0.15) is 0 Å². The van der Waals surface area contributed by atoms with Crippen LogP contribution in [0.5, 0.6) is 0 Å². The van der Waals surface area contributed by atoms with Crippen molar-refractivity contribution in [1.29, 1.82) is 0 Å². The zero-order chi connectivity index (χ0) is 16.5. The van der Waals surface area contributed by atoms with Gasteiger partial charge in [0.2, 0.25) is 11.8 Å². The zero-order valence-electron chi connectivity index (χ0n) is 14.1. The molecule has 4 rings (SSSR count). The largest absolute Gasteiger partial charge is 0.339 e. The van der Waals surface area contributed by atoms with E-state index < -0.39 is 0 Å². The number of carbonyl (C=O) groups is 2. The van der Waals surface area contributed by atoms with Gasteiger partial charge in [-0.15, -0.1) is 0 Å². The summed E-state index contributed by atoms with van der Waals surface area (Å²) in [6.45, 7) is 1.43. The van der Waals surface area contributed by atoms with Crippen molar-refractivity contribution in [2.45, 2.75) is 57.0 Å². The van der Waals surface area contributed by atoms with Crippen LogP contribution in [0.25, 0.3) is 0 Å². The number of rotatable bonds is 3. The second-order valence-corrected chi connectivity index (χ2v) is 7.36. The first kappa shape index (κ1) is 15.6.